The molecule has 0 spiro atoms. The Morgan fingerprint density at radius 3 is 2.26 bits per heavy atom. The van der Waals surface area contributed by atoms with Gasteiger partial charge in [-0.25, -0.2) is 0 Å². The van der Waals surface area contributed by atoms with Gasteiger partial charge in [0.1, 0.15) is 18.2 Å². The number of pyridine rings is 1. The summed E-state index contributed by atoms with van der Waals surface area (Å²) in [5.74, 6) is -0.281. The topological polar surface area (TPSA) is 99.6 Å². The molecular formula is C24H17N5O2. The van der Waals surface area contributed by atoms with Gasteiger partial charge in [0.05, 0.1) is 16.9 Å². The summed E-state index contributed by atoms with van der Waals surface area (Å²) in [7, 11) is 0. The number of benzene rings is 3. The van der Waals surface area contributed by atoms with E-state index in [2.05, 4.69) is 15.5 Å². The Bertz CT molecular complexity index is 1370. The predicted molar refractivity (Wildman–Crippen MR) is 119 cm³/mol. The Hall–Kier alpha value is -4.57. The number of aromatic nitrogens is 1. The lowest BCUT2D eigenvalue weighted by Crippen LogP contribution is -2.21. The van der Waals surface area contributed by atoms with Crippen LogP contribution in [0.25, 0.3) is 10.9 Å². The maximum Gasteiger partial charge on any atom is 0.244 e. The van der Waals surface area contributed by atoms with E-state index in [-0.39, 0.29) is 23.4 Å². The molecule has 0 aliphatic rings. The minimum absolute atomic E-state index is 0.000342. The van der Waals surface area contributed by atoms with Crippen LogP contribution in [0, 0.1) is 11.3 Å². The molecule has 1 amide bonds. The summed E-state index contributed by atoms with van der Waals surface area (Å²) in [5.41, 5.74) is 2.28. The largest absolute Gasteiger partial charge is 0.336 e. The van der Waals surface area contributed by atoms with Gasteiger partial charge in [-0.2, -0.15) is 15.5 Å². The smallest absolute Gasteiger partial charge is 0.244 e. The quantitative estimate of drug-likeness (QED) is 0.475. The summed E-state index contributed by atoms with van der Waals surface area (Å²) < 4.78 is 1.60. The molecule has 4 aromatic rings. The van der Waals surface area contributed by atoms with Gasteiger partial charge in [0.25, 0.3) is 0 Å². The standard InChI is InChI=1S/C24H17N5O2/c25-14-17-15-29(22-9-5-4-8-21(22)24(17)31)16-23(30)26-18-10-12-20(13-11-18)28-27-19-6-2-1-3-7-19/h1-13,15H,16H2,(H,26,30). The third-order valence-electron chi connectivity index (χ3n) is 4.61. The Morgan fingerprint density at radius 2 is 1.55 bits per heavy atom. The predicted octanol–water partition coefficient (Wildman–Crippen LogP) is 4.93. The number of nitriles is 1. The summed E-state index contributed by atoms with van der Waals surface area (Å²) in [4.78, 5) is 24.9. The summed E-state index contributed by atoms with van der Waals surface area (Å²) in [6, 6.07) is 25.2. The number of anilines is 1. The summed E-state index contributed by atoms with van der Waals surface area (Å²) in [6.45, 7) is -0.0368. The number of nitrogens with one attached hydrogen (secondary N) is 1. The first-order valence-electron chi connectivity index (χ1n) is 9.53. The molecule has 31 heavy (non-hydrogen) atoms. The van der Waals surface area contributed by atoms with Crippen LogP contribution in [0.5, 0.6) is 0 Å². The number of azo groups is 1. The van der Waals surface area contributed by atoms with Crippen molar-refractivity contribution >= 4 is 33.9 Å². The van der Waals surface area contributed by atoms with Crippen LogP contribution in [0.4, 0.5) is 17.1 Å². The number of carbonyl (C=O) groups excluding carboxylic acids is 1. The van der Waals surface area contributed by atoms with Gasteiger partial charge >= 0.3 is 0 Å². The van der Waals surface area contributed by atoms with Gasteiger partial charge in [-0.15, -0.1) is 0 Å². The minimum atomic E-state index is -0.338. The number of rotatable bonds is 5. The van der Waals surface area contributed by atoms with Crippen LogP contribution in [0.1, 0.15) is 5.56 Å². The Kier molecular flexibility index (Phi) is 5.63. The lowest BCUT2D eigenvalue weighted by molar-refractivity contribution is -0.116. The van der Waals surface area contributed by atoms with E-state index in [9.17, 15) is 14.9 Å². The van der Waals surface area contributed by atoms with Gasteiger partial charge in [-0.3, -0.25) is 9.59 Å². The lowest BCUT2D eigenvalue weighted by Gasteiger charge is -2.12. The second-order valence-electron chi connectivity index (χ2n) is 6.76. The van der Waals surface area contributed by atoms with Crippen LogP contribution in [-0.2, 0) is 11.3 Å². The average Bonchev–Trinajstić information content (AvgIpc) is 2.81. The van der Waals surface area contributed by atoms with Crippen molar-refractivity contribution in [1.82, 2.24) is 4.57 Å². The molecule has 1 aromatic heterocycles. The molecule has 3 aromatic carbocycles. The van der Waals surface area contributed by atoms with Crippen LogP contribution >= 0.6 is 0 Å². The number of nitrogens with zero attached hydrogens (tertiary/aromatic N) is 4. The van der Waals surface area contributed by atoms with Crippen LogP contribution in [0.15, 0.2) is 100 Å². The fourth-order valence-electron chi connectivity index (χ4n) is 3.13. The average molecular weight is 407 g/mol. The van der Waals surface area contributed by atoms with E-state index in [1.165, 1.54) is 6.20 Å². The van der Waals surface area contributed by atoms with Crippen molar-refractivity contribution in [2.24, 2.45) is 10.2 Å². The Morgan fingerprint density at radius 1 is 0.903 bits per heavy atom. The van der Waals surface area contributed by atoms with Gasteiger partial charge in [-0.1, -0.05) is 30.3 Å². The van der Waals surface area contributed by atoms with E-state index in [1.807, 2.05) is 36.4 Å². The number of carbonyl (C=O) groups is 1. The third kappa shape index (κ3) is 4.54. The highest BCUT2D eigenvalue weighted by molar-refractivity contribution is 5.92. The van der Waals surface area contributed by atoms with Crippen LogP contribution in [0.2, 0.25) is 0 Å². The van der Waals surface area contributed by atoms with E-state index in [0.717, 1.165) is 5.69 Å². The number of hydrogen-bond donors (Lipinski definition) is 1. The summed E-state index contributed by atoms with van der Waals surface area (Å²) >= 11 is 0. The highest BCUT2D eigenvalue weighted by atomic mass is 16.2. The molecule has 0 atom stereocenters. The zero-order valence-corrected chi connectivity index (χ0v) is 16.4. The Balaban J connectivity index is 1.48. The van der Waals surface area contributed by atoms with Gasteiger partial charge < -0.3 is 9.88 Å². The van der Waals surface area contributed by atoms with Gasteiger partial charge in [-0.05, 0) is 48.5 Å². The van der Waals surface area contributed by atoms with Crippen molar-refractivity contribution in [1.29, 1.82) is 5.26 Å². The minimum Gasteiger partial charge on any atom is -0.336 e. The Labute approximate surface area is 177 Å². The summed E-state index contributed by atoms with van der Waals surface area (Å²) in [5, 5.41) is 20.8. The number of para-hydroxylation sites is 1. The van der Waals surface area contributed by atoms with Gasteiger partial charge in [0, 0.05) is 17.3 Å². The second-order valence-corrected chi connectivity index (χ2v) is 6.76. The molecule has 4 rings (SSSR count). The first-order valence-corrected chi connectivity index (χ1v) is 9.53. The maximum absolute atomic E-state index is 12.6. The van der Waals surface area contributed by atoms with E-state index < -0.39 is 0 Å². The van der Waals surface area contributed by atoms with Gasteiger partial charge in [0.15, 0.2) is 0 Å². The highest BCUT2D eigenvalue weighted by Crippen LogP contribution is 2.20. The number of fused-ring (bicyclic) bond motifs is 1. The zero-order valence-electron chi connectivity index (χ0n) is 16.4. The first kappa shape index (κ1) is 19.7. The monoisotopic (exact) mass is 407 g/mol. The highest BCUT2D eigenvalue weighted by Gasteiger charge is 2.11. The van der Waals surface area contributed by atoms with Crippen LogP contribution in [-0.4, -0.2) is 10.5 Å². The molecule has 0 radical (unpaired) electrons. The SMILES string of the molecule is N#Cc1cn(CC(=O)Nc2ccc(N=Nc3ccccc3)cc2)c2ccccc2c1=O. The van der Waals surface area contributed by atoms with Crippen molar-refractivity contribution in [2.75, 3.05) is 5.32 Å². The van der Waals surface area contributed by atoms with Crippen LogP contribution in [0.3, 0.4) is 0 Å². The zero-order chi connectivity index (χ0) is 21.6. The lowest BCUT2D eigenvalue weighted by atomic mass is 10.1. The van der Waals surface area contributed by atoms with Crippen molar-refractivity contribution < 1.29 is 4.79 Å². The molecule has 0 unspecified atom stereocenters. The molecule has 7 nitrogen and oxygen atoms in total. The van der Waals surface area contributed by atoms with Crippen molar-refractivity contribution in [3.63, 3.8) is 0 Å². The van der Waals surface area contributed by atoms with Crippen molar-refractivity contribution in [2.45, 2.75) is 6.54 Å². The molecule has 0 aliphatic heterocycles. The van der Waals surface area contributed by atoms with E-state index in [0.29, 0.717) is 22.3 Å². The molecule has 0 fully saturated rings. The number of amides is 1. The molecule has 150 valence electrons. The molecule has 0 bridgehead atoms. The molecule has 0 saturated carbocycles. The first-order chi connectivity index (χ1) is 15.1. The normalized spacial score (nSPS) is 10.8. The van der Waals surface area contributed by atoms with Crippen LogP contribution < -0.4 is 10.7 Å². The number of hydrogen-bond acceptors (Lipinski definition) is 5. The molecule has 1 heterocycles. The van der Waals surface area contributed by atoms with E-state index >= 15 is 0 Å². The molecular weight excluding hydrogens is 390 g/mol. The molecule has 0 saturated heterocycles. The molecule has 7 heteroatoms. The van der Waals surface area contributed by atoms with E-state index in [1.54, 1.807) is 53.1 Å². The maximum atomic E-state index is 12.6. The van der Waals surface area contributed by atoms with Crippen molar-refractivity contribution in [3.05, 3.63) is 101 Å². The van der Waals surface area contributed by atoms with Crippen molar-refractivity contribution in [3.8, 4) is 6.07 Å². The fourth-order valence-corrected chi connectivity index (χ4v) is 3.13. The fraction of sp³-hybridized carbons (Fsp3) is 0.0417. The second kappa shape index (κ2) is 8.84. The van der Waals surface area contributed by atoms with Gasteiger partial charge in [0.2, 0.25) is 11.3 Å². The molecule has 0 aliphatic carbocycles. The summed E-state index contributed by atoms with van der Waals surface area (Å²) in [6.07, 6.45) is 1.41. The third-order valence-corrected chi connectivity index (χ3v) is 4.61. The molecule has 1 N–H and O–H groups in total. The van der Waals surface area contributed by atoms with E-state index in [4.69, 9.17) is 0 Å².